The van der Waals surface area contributed by atoms with E-state index in [0.717, 1.165) is 61.0 Å². The maximum Gasteiger partial charge on any atom is 0.227 e. The molecule has 0 spiro atoms. The van der Waals surface area contributed by atoms with Crippen LogP contribution >= 0.6 is 0 Å². The fraction of sp³-hybridized carbons (Fsp3) is 0.125. The van der Waals surface area contributed by atoms with Gasteiger partial charge in [0.1, 0.15) is 7.05 Å². The third kappa shape index (κ3) is 3.43. The number of benzene rings is 3. The van der Waals surface area contributed by atoms with Crippen LogP contribution in [0.25, 0.3) is 55.6 Å². The fourth-order valence-corrected chi connectivity index (χ4v) is 5.13. The highest BCUT2D eigenvalue weighted by molar-refractivity contribution is 6.09. The summed E-state index contributed by atoms with van der Waals surface area (Å²) in [7, 11) is 1.99. The van der Waals surface area contributed by atoms with Gasteiger partial charge in [-0.05, 0) is 72.3 Å². The smallest absolute Gasteiger partial charge is 0.227 e. The molecule has 170 valence electrons. The molecular weight excluding hydrogens is 428 g/mol. The molecule has 6 rings (SSSR count). The monoisotopic (exact) mass is 458 g/mol. The van der Waals surface area contributed by atoms with Crippen LogP contribution in [-0.2, 0) is 7.05 Å². The van der Waals surface area contributed by atoms with E-state index >= 15 is 0 Å². The van der Waals surface area contributed by atoms with Gasteiger partial charge in [-0.3, -0.25) is 0 Å². The molecule has 3 heteroatoms. The van der Waals surface area contributed by atoms with E-state index in [9.17, 15) is 0 Å². The van der Waals surface area contributed by atoms with E-state index in [0.29, 0.717) is 11.3 Å². The first-order valence-corrected chi connectivity index (χ1v) is 11.7. The van der Waals surface area contributed by atoms with Crippen molar-refractivity contribution in [2.45, 2.75) is 20.7 Å². The second kappa shape index (κ2) is 8.21. The number of furan rings is 1. The van der Waals surface area contributed by atoms with Gasteiger partial charge in [-0.1, -0.05) is 54.6 Å². The van der Waals surface area contributed by atoms with Gasteiger partial charge in [0.15, 0.2) is 11.8 Å². The molecule has 0 saturated heterocycles. The van der Waals surface area contributed by atoms with E-state index in [1.54, 1.807) is 6.20 Å². The topological polar surface area (TPSA) is 29.9 Å². The van der Waals surface area contributed by atoms with Crippen LogP contribution in [0.3, 0.4) is 0 Å². The zero-order valence-corrected chi connectivity index (χ0v) is 20.0. The Bertz CT molecular complexity index is 1840. The number of nitrogens with zero attached hydrogens (tertiary/aromatic N) is 2. The highest BCUT2D eigenvalue weighted by Gasteiger charge is 2.26. The van der Waals surface area contributed by atoms with Crippen LogP contribution in [0.5, 0.6) is 0 Å². The third-order valence-electron chi connectivity index (χ3n) is 6.76. The molecular formula is C32H27N2O+. The van der Waals surface area contributed by atoms with Crippen LogP contribution in [0, 0.1) is 20.7 Å². The lowest BCUT2D eigenvalue weighted by atomic mass is 9.88. The Morgan fingerprint density at radius 3 is 2.43 bits per heavy atom. The third-order valence-corrected chi connectivity index (χ3v) is 6.76. The van der Waals surface area contributed by atoms with Crippen LogP contribution in [0.15, 0.2) is 95.7 Å². The molecule has 35 heavy (non-hydrogen) atoms. The van der Waals surface area contributed by atoms with Gasteiger partial charge in [0.25, 0.3) is 0 Å². The van der Waals surface area contributed by atoms with E-state index in [2.05, 4.69) is 30.1 Å². The van der Waals surface area contributed by atoms with Gasteiger partial charge in [0.2, 0.25) is 11.4 Å². The average molecular weight is 459 g/mol. The standard InChI is InChI=1S/C32H27N2O/c1-20-14-15-25-26-12-8-16-33-32(26)35-31(25)29(20)30-27(13-9-17-34(30)4)28-21(2)18-24(19-22(28)3)23-10-6-5-7-11-23/h5-19H,1-4H3/q+1/i2D3. The number of fused-ring (bicyclic) bond motifs is 3. The second-order valence-electron chi connectivity index (χ2n) is 9.06. The van der Waals surface area contributed by atoms with E-state index in [1.807, 2.05) is 85.4 Å². The van der Waals surface area contributed by atoms with Crippen molar-refractivity contribution in [1.82, 2.24) is 4.98 Å². The largest absolute Gasteiger partial charge is 0.437 e. The Balaban J connectivity index is 1.69. The van der Waals surface area contributed by atoms with Crippen molar-refractivity contribution >= 4 is 22.1 Å². The second-order valence-corrected chi connectivity index (χ2v) is 9.06. The zero-order chi connectivity index (χ0) is 26.6. The molecule has 0 atom stereocenters. The van der Waals surface area contributed by atoms with Crippen LogP contribution in [0.4, 0.5) is 0 Å². The number of aromatic nitrogens is 2. The van der Waals surface area contributed by atoms with Crippen molar-refractivity contribution in [3.05, 3.63) is 108 Å². The highest BCUT2D eigenvalue weighted by Crippen LogP contribution is 2.41. The van der Waals surface area contributed by atoms with Crippen LogP contribution in [0.2, 0.25) is 0 Å². The molecule has 0 amide bonds. The molecule has 6 aromatic rings. The number of rotatable bonds is 3. The lowest BCUT2D eigenvalue weighted by Crippen LogP contribution is -2.31. The Morgan fingerprint density at radius 1 is 0.771 bits per heavy atom. The summed E-state index contributed by atoms with van der Waals surface area (Å²) in [6.45, 7) is 1.75. The summed E-state index contributed by atoms with van der Waals surface area (Å²) in [6.07, 6.45) is 3.71. The minimum atomic E-state index is -2.30. The van der Waals surface area contributed by atoms with E-state index in [-0.39, 0.29) is 0 Å². The molecule has 0 aliphatic heterocycles. The van der Waals surface area contributed by atoms with Crippen molar-refractivity contribution < 1.29 is 13.1 Å². The molecule has 3 aromatic carbocycles. The van der Waals surface area contributed by atoms with Crippen molar-refractivity contribution in [3.8, 4) is 33.5 Å². The summed E-state index contributed by atoms with van der Waals surface area (Å²) in [4.78, 5) is 4.44. The SMILES string of the molecule is [2H]C([2H])([2H])c1cc(-c2ccccc2)cc(C)c1-c1ccc[n+](C)c1-c1c(C)ccc2c1oc1ncccc12. The van der Waals surface area contributed by atoms with Gasteiger partial charge in [-0.2, -0.15) is 0 Å². The summed E-state index contributed by atoms with van der Waals surface area (Å²) in [5.74, 6) is 0. The quantitative estimate of drug-likeness (QED) is 0.254. The zero-order valence-electron chi connectivity index (χ0n) is 23.0. The minimum absolute atomic E-state index is 0.333. The van der Waals surface area contributed by atoms with Crippen LogP contribution in [0.1, 0.15) is 20.8 Å². The molecule has 0 saturated carbocycles. The Hall–Kier alpha value is -4.24. The Morgan fingerprint density at radius 2 is 1.60 bits per heavy atom. The maximum atomic E-state index is 8.49. The van der Waals surface area contributed by atoms with Gasteiger partial charge < -0.3 is 4.42 Å². The van der Waals surface area contributed by atoms with Crippen molar-refractivity contribution in [2.24, 2.45) is 7.05 Å². The fourth-order valence-electron chi connectivity index (χ4n) is 5.13. The van der Waals surface area contributed by atoms with Crippen molar-refractivity contribution in [3.63, 3.8) is 0 Å². The van der Waals surface area contributed by atoms with E-state index in [4.69, 9.17) is 8.53 Å². The van der Waals surface area contributed by atoms with Gasteiger partial charge in [0, 0.05) is 27.1 Å². The maximum absolute atomic E-state index is 8.49. The first kappa shape index (κ1) is 18.1. The number of hydrogen-bond acceptors (Lipinski definition) is 2. The molecule has 0 radical (unpaired) electrons. The molecule has 0 unspecified atom stereocenters. The normalized spacial score (nSPS) is 13.1. The molecule has 0 bridgehead atoms. The lowest BCUT2D eigenvalue weighted by Gasteiger charge is -2.16. The average Bonchev–Trinajstić information content (AvgIpc) is 3.27. The molecule has 0 N–H and O–H groups in total. The van der Waals surface area contributed by atoms with Gasteiger partial charge in [-0.15, -0.1) is 0 Å². The summed E-state index contributed by atoms with van der Waals surface area (Å²) < 4.78 is 33.9. The lowest BCUT2D eigenvalue weighted by molar-refractivity contribution is -0.659. The van der Waals surface area contributed by atoms with Gasteiger partial charge in [0.05, 0.1) is 11.1 Å². The highest BCUT2D eigenvalue weighted by atomic mass is 16.3. The molecule has 0 fully saturated rings. The number of hydrogen-bond donors (Lipinski definition) is 0. The first-order chi connectivity index (χ1) is 18.2. The van der Waals surface area contributed by atoms with Gasteiger partial charge in [-0.25, -0.2) is 9.55 Å². The molecule has 3 heterocycles. The van der Waals surface area contributed by atoms with Crippen molar-refractivity contribution in [1.29, 1.82) is 0 Å². The predicted molar refractivity (Wildman–Crippen MR) is 143 cm³/mol. The van der Waals surface area contributed by atoms with Gasteiger partial charge >= 0.3 is 0 Å². The number of aryl methyl sites for hydroxylation is 4. The number of pyridine rings is 2. The van der Waals surface area contributed by atoms with Crippen molar-refractivity contribution in [2.75, 3.05) is 0 Å². The van der Waals surface area contributed by atoms with E-state index < -0.39 is 6.85 Å². The Labute approximate surface area is 209 Å². The molecule has 3 nitrogen and oxygen atoms in total. The molecule has 3 aromatic heterocycles. The summed E-state index contributed by atoms with van der Waals surface area (Å²) in [5, 5.41) is 1.94. The van der Waals surface area contributed by atoms with E-state index in [1.165, 1.54) is 0 Å². The summed E-state index contributed by atoms with van der Waals surface area (Å²) >= 11 is 0. The minimum Gasteiger partial charge on any atom is -0.437 e. The first-order valence-electron chi connectivity index (χ1n) is 13.2. The van der Waals surface area contributed by atoms with Crippen LogP contribution in [-0.4, -0.2) is 4.98 Å². The predicted octanol–water partition coefficient (Wildman–Crippen LogP) is 7.73. The summed E-state index contributed by atoms with van der Waals surface area (Å²) in [6, 6.07) is 25.8. The molecule has 0 aliphatic carbocycles. The van der Waals surface area contributed by atoms with Crippen LogP contribution < -0.4 is 4.57 Å². The summed E-state index contributed by atoms with van der Waals surface area (Å²) in [5.41, 5.74) is 8.89. The molecule has 0 aliphatic rings. The Kier molecular flexibility index (Phi) is 4.25.